The van der Waals surface area contributed by atoms with Gasteiger partial charge in [-0.2, -0.15) is 5.10 Å². The normalized spacial score (nSPS) is 10.4. The highest BCUT2D eigenvalue weighted by Crippen LogP contribution is 2.24. The highest BCUT2D eigenvalue weighted by Gasteiger charge is 2.05. The first kappa shape index (κ1) is 13.4. The second-order valence-corrected chi connectivity index (χ2v) is 4.19. The van der Waals surface area contributed by atoms with Crippen LogP contribution in [0.15, 0.2) is 30.6 Å². The Morgan fingerprint density at radius 1 is 1.53 bits per heavy atom. The molecule has 0 aliphatic heterocycles. The summed E-state index contributed by atoms with van der Waals surface area (Å²) in [4.78, 5) is 10.9. The third-order valence-electron chi connectivity index (χ3n) is 2.39. The minimum atomic E-state index is -0.534. The van der Waals surface area contributed by atoms with Crippen molar-refractivity contribution in [3.8, 4) is 5.75 Å². The number of carbonyl (C=O) groups is 1. The topological polar surface area (TPSA) is 70.1 Å². The van der Waals surface area contributed by atoms with E-state index in [1.807, 2.05) is 0 Å². The fraction of sp³-hybridized carbons (Fsp3) is 0.167. The molecule has 1 heterocycles. The Bertz CT molecular complexity index is 600. The van der Waals surface area contributed by atoms with E-state index >= 15 is 0 Å². The third-order valence-corrected chi connectivity index (χ3v) is 2.69. The van der Waals surface area contributed by atoms with Gasteiger partial charge < -0.3 is 10.5 Å². The first-order chi connectivity index (χ1) is 9.06. The molecule has 0 saturated carbocycles. The molecule has 0 spiro atoms. The second kappa shape index (κ2) is 5.71. The van der Waals surface area contributed by atoms with Gasteiger partial charge in [0.2, 0.25) is 0 Å². The highest BCUT2D eigenvalue weighted by atomic mass is 35.5. The van der Waals surface area contributed by atoms with E-state index < -0.39 is 11.7 Å². The van der Waals surface area contributed by atoms with Gasteiger partial charge in [-0.3, -0.25) is 9.48 Å². The molecule has 1 aromatic carbocycles. The van der Waals surface area contributed by atoms with Crippen LogP contribution in [0.5, 0.6) is 5.75 Å². The van der Waals surface area contributed by atoms with E-state index in [0.717, 1.165) is 0 Å². The number of aromatic nitrogens is 2. The van der Waals surface area contributed by atoms with Crippen molar-refractivity contribution in [2.75, 3.05) is 6.61 Å². The van der Waals surface area contributed by atoms with Crippen LogP contribution in [0.2, 0.25) is 5.02 Å². The Kier molecular flexibility index (Phi) is 4.01. The van der Waals surface area contributed by atoms with Crippen molar-refractivity contribution in [2.24, 2.45) is 5.73 Å². The lowest BCUT2D eigenvalue weighted by molar-refractivity contribution is 0.1000. The van der Waals surface area contributed by atoms with Gasteiger partial charge in [0.25, 0.3) is 5.91 Å². The number of hydrogen-bond donors (Lipinski definition) is 1. The maximum atomic E-state index is 12.8. The Hall–Kier alpha value is -2.08. The summed E-state index contributed by atoms with van der Waals surface area (Å²) in [7, 11) is 0. The van der Waals surface area contributed by atoms with Crippen LogP contribution < -0.4 is 10.5 Å². The van der Waals surface area contributed by atoms with Crippen molar-refractivity contribution < 1.29 is 13.9 Å². The fourth-order valence-corrected chi connectivity index (χ4v) is 1.68. The number of benzene rings is 1. The molecule has 2 rings (SSSR count). The van der Waals surface area contributed by atoms with Gasteiger partial charge in [-0.15, -0.1) is 0 Å². The summed E-state index contributed by atoms with van der Waals surface area (Å²) in [6.45, 7) is 0.701. The van der Waals surface area contributed by atoms with Crippen LogP contribution in [0, 0.1) is 5.82 Å². The molecule has 2 aromatic rings. The molecule has 0 aliphatic rings. The van der Waals surface area contributed by atoms with Crippen molar-refractivity contribution in [3.05, 3.63) is 47.0 Å². The van der Waals surface area contributed by atoms with Crippen LogP contribution >= 0.6 is 11.6 Å². The Labute approximate surface area is 113 Å². The summed E-state index contributed by atoms with van der Waals surface area (Å²) in [6, 6.07) is 3.89. The molecule has 0 saturated heterocycles. The lowest BCUT2D eigenvalue weighted by atomic mass is 10.3. The summed E-state index contributed by atoms with van der Waals surface area (Å²) in [5, 5.41) is 4.15. The molecule has 19 heavy (non-hydrogen) atoms. The third kappa shape index (κ3) is 3.45. The molecule has 1 aromatic heterocycles. The Morgan fingerprint density at radius 2 is 2.32 bits per heavy atom. The van der Waals surface area contributed by atoms with Gasteiger partial charge in [0.05, 0.1) is 23.3 Å². The average molecular weight is 284 g/mol. The van der Waals surface area contributed by atoms with Gasteiger partial charge in [0.15, 0.2) is 0 Å². The van der Waals surface area contributed by atoms with Crippen molar-refractivity contribution in [2.45, 2.75) is 6.54 Å². The van der Waals surface area contributed by atoms with Crippen molar-refractivity contribution in [1.82, 2.24) is 9.78 Å². The van der Waals surface area contributed by atoms with E-state index in [9.17, 15) is 9.18 Å². The minimum Gasteiger partial charge on any atom is -0.490 e. The van der Waals surface area contributed by atoms with E-state index in [2.05, 4.69) is 5.10 Å². The molecular weight excluding hydrogens is 273 g/mol. The molecule has 0 bridgehead atoms. The van der Waals surface area contributed by atoms with Crippen molar-refractivity contribution in [1.29, 1.82) is 0 Å². The van der Waals surface area contributed by atoms with E-state index in [-0.39, 0.29) is 11.6 Å². The standard InChI is InChI=1S/C12H11ClFN3O2/c13-10-5-9(14)1-2-11(10)19-4-3-17-7-8(6-16-17)12(15)18/h1-2,5-7H,3-4H2,(H2,15,18). The highest BCUT2D eigenvalue weighted by molar-refractivity contribution is 6.32. The van der Waals surface area contributed by atoms with Gasteiger partial charge in [-0.1, -0.05) is 11.6 Å². The number of nitrogens with two attached hydrogens (primary N) is 1. The zero-order valence-corrected chi connectivity index (χ0v) is 10.6. The molecule has 0 aliphatic carbocycles. The molecular formula is C12H11ClFN3O2. The summed E-state index contributed by atoms with van der Waals surface area (Å²) >= 11 is 5.81. The van der Waals surface area contributed by atoms with Crippen molar-refractivity contribution in [3.63, 3.8) is 0 Å². The molecule has 100 valence electrons. The van der Waals surface area contributed by atoms with E-state index in [4.69, 9.17) is 22.1 Å². The number of amides is 1. The van der Waals surface area contributed by atoms with Crippen LogP contribution in [0.4, 0.5) is 4.39 Å². The molecule has 0 fully saturated rings. The number of ether oxygens (including phenoxy) is 1. The first-order valence-corrected chi connectivity index (χ1v) is 5.84. The number of primary amides is 1. The second-order valence-electron chi connectivity index (χ2n) is 3.78. The maximum Gasteiger partial charge on any atom is 0.251 e. The SMILES string of the molecule is NC(=O)c1cnn(CCOc2ccc(F)cc2Cl)c1. The van der Waals surface area contributed by atoms with Crippen LogP contribution in [0.25, 0.3) is 0 Å². The first-order valence-electron chi connectivity index (χ1n) is 5.46. The van der Waals surface area contributed by atoms with E-state index in [1.54, 1.807) is 0 Å². The molecule has 5 nitrogen and oxygen atoms in total. The predicted octanol–water partition coefficient (Wildman–Crippen LogP) is 1.85. The lowest BCUT2D eigenvalue weighted by Crippen LogP contribution is -2.11. The quantitative estimate of drug-likeness (QED) is 0.910. The van der Waals surface area contributed by atoms with Gasteiger partial charge in [-0.25, -0.2) is 4.39 Å². The monoisotopic (exact) mass is 283 g/mol. The zero-order valence-electron chi connectivity index (χ0n) is 9.85. The largest absolute Gasteiger partial charge is 0.490 e. The Morgan fingerprint density at radius 3 is 2.95 bits per heavy atom. The van der Waals surface area contributed by atoms with Gasteiger partial charge in [-0.05, 0) is 18.2 Å². The zero-order chi connectivity index (χ0) is 13.8. The van der Waals surface area contributed by atoms with E-state index in [1.165, 1.54) is 35.3 Å². The van der Waals surface area contributed by atoms with Crippen molar-refractivity contribution >= 4 is 17.5 Å². The molecule has 0 atom stereocenters. The summed E-state index contributed by atoms with van der Waals surface area (Å²) in [5.41, 5.74) is 5.44. The minimum absolute atomic E-state index is 0.207. The lowest BCUT2D eigenvalue weighted by Gasteiger charge is -2.07. The Balaban J connectivity index is 1.90. The molecule has 2 N–H and O–H groups in total. The number of carbonyl (C=O) groups excluding carboxylic acids is 1. The molecule has 7 heteroatoms. The number of hydrogen-bond acceptors (Lipinski definition) is 3. The van der Waals surface area contributed by atoms with Crippen LogP contribution in [0.1, 0.15) is 10.4 Å². The summed E-state index contributed by atoms with van der Waals surface area (Å²) < 4.78 is 19.7. The van der Waals surface area contributed by atoms with Crippen LogP contribution in [0.3, 0.4) is 0 Å². The van der Waals surface area contributed by atoms with Gasteiger partial charge >= 0.3 is 0 Å². The number of halogens is 2. The average Bonchev–Trinajstić information content (AvgIpc) is 2.81. The van der Waals surface area contributed by atoms with E-state index in [0.29, 0.717) is 17.9 Å². The smallest absolute Gasteiger partial charge is 0.251 e. The predicted molar refractivity (Wildman–Crippen MR) is 67.6 cm³/mol. The number of nitrogens with zero attached hydrogens (tertiary/aromatic N) is 2. The number of rotatable bonds is 5. The van der Waals surface area contributed by atoms with Gasteiger partial charge in [0.1, 0.15) is 18.2 Å². The molecule has 0 radical (unpaired) electrons. The van der Waals surface area contributed by atoms with Crippen LogP contribution in [-0.4, -0.2) is 22.3 Å². The van der Waals surface area contributed by atoms with Crippen LogP contribution in [-0.2, 0) is 6.54 Å². The fourth-order valence-electron chi connectivity index (χ4n) is 1.45. The summed E-state index contributed by atoms with van der Waals surface area (Å²) in [6.07, 6.45) is 2.91. The molecule has 1 amide bonds. The summed E-state index contributed by atoms with van der Waals surface area (Å²) in [5.74, 6) is -0.561. The van der Waals surface area contributed by atoms with Gasteiger partial charge in [0, 0.05) is 6.20 Å². The molecule has 0 unspecified atom stereocenters. The maximum absolute atomic E-state index is 12.8.